The lowest BCUT2D eigenvalue weighted by atomic mass is 9.84. The molecule has 0 bridgehead atoms. The molecule has 1 aliphatic carbocycles. The van der Waals surface area contributed by atoms with E-state index in [1.807, 2.05) is 0 Å². The zero-order valence-electron chi connectivity index (χ0n) is 9.48. The molecule has 1 fully saturated rings. The average Bonchev–Trinajstić information content (AvgIpc) is 2.27. The van der Waals surface area contributed by atoms with E-state index in [1.165, 1.54) is 0 Å². The second-order valence-corrected chi connectivity index (χ2v) is 3.93. The third kappa shape index (κ3) is 3.64. The molecule has 0 aromatic rings. The topological polar surface area (TPSA) is 69.4 Å². The van der Waals surface area contributed by atoms with Gasteiger partial charge < -0.3 is 4.74 Å². The second kappa shape index (κ2) is 6.25. The Hall–Kier alpha value is -1.39. The van der Waals surface area contributed by atoms with Gasteiger partial charge in [0.15, 0.2) is 0 Å². The fraction of sp³-hybridized carbons (Fsp3) is 0.727. The van der Waals surface area contributed by atoms with Gasteiger partial charge in [-0.3, -0.25) is 10.1 Å². The number of esters is 1. The highest BCUT2D eigenvalue weighted by atomic mass is 16.6. The molecule has 1 saturated carbocycles. The number of hydrogen-bond donors (Lipinski definition) is 0. The molecule has 0 saturated heterocycles. The summed E-state index contributed by atoms with van der Waals surface area (Å²) in [6, 6.07) is 0. The van der Waals surface area contributed by atoms with Gasteiger partial charge in [-0.1, -0.05) is 19.3 Å². The van der Waals surface area contributed by atoms with Gasteiger partial charge in [0, 0.05) is 0 Å². The molecule has 0 spiro atoms. The molecule has 0 amide bonds. The Bertz CT molecular complexity index is 292. The summed E-state index contributed by atoms with van der Waals surface area (Å²) in [4.78, 5) is 21.5. The Morgan fingerprint density at radius 3 is 2.56 bits per heavy atom. The number of nitro groups is 1. The van der Waals surface area contributed by atoms with Crippen LogP contribution in [0.15, 0.2) is 11.8 Å². The van der Waals surface area contributed by atoms with Crippen LogP contribution in [0.2, 0.25) is 0 Å². The zero-order valence-corrected chi connectivity index (χ0v) is 9.48. The van der Waals surface area contributed by atoms with E-state index in [0.29, 0.717) is 0 Å². The van der Waals surface area contributed by atoms with Crippen LogP contribution in [0, 0.1) is 16.0 Å². The van der Waals surface area contributed by atoms with Crippen molar-refractivity contribution in [2.24, 2.45) is 5.92 Å². The van der Waals surface area contributed by atoms with E-state index in [-0.39, 0.29) is 18.1 Å². The third-order valence-corrected chi connectivity index (χ3v) is 2.80. The second-order valence-electron chi connectivity index (χ2n) is 3.93. The van der Waals surface area contributed by atoms with Gasteiger partial charge in [0.25, 0.3) is 0 Å². The fourth-order valence-electron chi connectivity index (χ4n) is 2.07. The van der Waals surface area contributed by atoms with E-state index in [0.717, 1.165) is 38.3 Å². The molecule has 0 unspecified atom stereocenters. The highest BCUT2D eigenvalue weighted by molar-refractivity contribution is 5.88. The Kier molecular flexibility index (Phi) is 4.95. The molecule has 0 N–H and O–H groups in total. The molecule has 90 valence electrons. The van der Waals surface area contributed by atoms with Gasteiger partial charge in [-0.2, -0.15) is 0 Å². The molecule has 0 aromatic carbocycles. The van der Waals surface area contributed by atoms with Gasteiger partial charge >= 0.3 is 5.97 Å². The molecule has 16 heavy (non-hydrogen) atoms. The molecule has 1 aliphatic rings. The number of hydrogen-bond acceptors (Lipinski definition) is 4. The first-order valence-corrected chi connectivity index (χ1v) is 5.67. The van der Waals surface area contributed by atoms with Crippen molar-refractivity contribution in [2.75, 3.05) is 6.61 Å². The minimum atomic E-state index is -0.569. The maximum atomic E-state index is 11.6. The fourth-order valence-corrected chi connectivity index (χ4v) is 2.07. The highest BCUT2D eigenvalue weighted by Crippen LogP contribution is 2.30. The standard InChI is InChI=1S/C11H17NO4/c1-2-16-11(13)10(8-12(14)15)9-6-4-3-5-7-9/h8-9H,2-7H2,1H3/b10-8-. The molecule has 0 aromatic heterocycles. The minimum absolute atomic E-state index is 0.00167. The zero-order chi connectivity index (χ0) is 12.0. The van der Waals surface area contributed by atoms with Crippen LogP contribution >= 0.6 is 0 Å². The van der Waals surface area contributed by atoms with E-state index in [1.54, 1.807) is 6.92 Å². The summed E-state index contributed by atoms with van der Waals surface area (Å²) in [6.07, 6.45) is 5.70. The van der Waals surface area contributed by atoms with Crippen LogP contribution in [0.3, 0.4) is 0 Å². The van der Waals surface area contributed by atoms with Gasteiger partial charge in [-0.15, -0.1) is 0 Å². The summed E-state index contributed by atoms with van der Waals surface area (Å²) >= 11 is 0. The van der Waals surface area contributed by atoms with Gasteiger partial charge in [-0.25, -0.2) is 4.79 Å². The Morgan fingerprint density at radius 2 is 2.06 bits per heavy atom. The van der Waals surface area contributed by atoms with E-state index in [2.05, 4.69) is 0 Å². The molecule has 0 aliphatic heterocycles. The predicted octanol–water partition coefficient (Wildman–Crippen LogP) is 2.29. The largest absolute Gasteiger partial charge is 0.462 e. The summed E-state index contributed by atoms with van der Waals surface area (Å²) in [5.41, 5.74) is 0.228. The number of rotatable bonds is 4. The number of carbonyl (C=O) groups excluding carboxylic acids is 1. The molecule has 5 heteroatoms. The van der Waals surface area contributed by atoms with Crippen LogP contribution in [0.25, 0.3) is 0 Å². The van der Waals surface area contributed by atoms with Crippen molar-refractivity contribution < 1.29 is 14.5 Å². The lowest BCUT2D eigenvalue weighted by molar-refractivity contribution is -0.403. The molecule has 0 atom stereocenters. The predicted molar refractivity (Wildman–Crippen MR) is 58.3 cm³/mol. The minimum Gasteiger partial charge on any atom is -0.462 e. The van der Waals surface area contributed by atoms with Crippen molar-refractivity contribution in [3.63, 3.8) is 0 Å². The summed E-state index contributed by atoms with van der Waals surface area (Å²) in [5.74, 6) is -0.538. The van der Waals surface area contributed by atoms with Gasteiger partial charge in [0.2, 0.25) is 6.20 Å². The molecule has 1 rings (SSSR count). The smallest absolute Gasteiger partial charge is 0.340 e. The highest BCUT2D eigenvalue weighted by Gasteiger charge is 2.26. The first-order chi connectivity index (χ1) is 7.65. The van der Waals surface area contributed by atoms with Crippen LogP contribution in [-0.4, -0.2) is 17.5 Å². The lowest BCUT2D eigenvalue weighted by Gasteiger charge is -2.21. The van der Waals surface area contributed by atoms with Crippen molar-refractivity contribution >= 4 is 5.97 Å². The lowest BCUT2D eigenvalue weighted by Crippen LogP contribution is -2.19. The van der Waals surface area contributed by atoms with Crippen LogP contribution < -0.4 is 0 Å². The van der Waals surface area contributed by atoms with Crippen LogP contribution in [0.4, 0.5) is 0 Å². The summed E-state index contributed by atoms with van der Waals surface area (Å²) < 4.78 is 4.85. The molecular weight excluding hydrogens is 210 g/mol. The summed E-state index contributed by atoms with van der Waals surface area (Å²) in [7, 11) is 0. The van der Waals surface area contributed by atoms with Crippen LogP contribution in [0.1, 0.15) is 39.0 Å². The van der Waals surface area contributed by atoms with Crippen molar-refractivity contribution in [3.8, 4) is 0 Å². The molecular formula is C11H17NO4. The quantitative estimate of drug-likeness (QED) is 0.320. The normalized spacial score (nSPS) is 18.2. The first-order valence-electron chi connectivity index (χ1n) is 5.67. The van der Waals surface area contributed by atoms with Crippen LogP contribution in [0.5, 0.6) is 0 Å². The van der Waals surface area contributed by atoms with E-state index < -0.39 is 10.9 Å². The van der Waals surface area contributed by atoms with Gasteiger partial charge in [0.05, 0.1) is 11.5 Å². The SMILES string of the molecule is CCOC(=O)/C(=C\[N+](=O)[O-])C1CCCCC1. The third-order valence-electron chi connectivity index (χ3n) is 2.80. The average molecular weight is 227 g/mol. The van der Waals surface area contributed by atoms with E-state index in [4.69, 9.17) is 4.74 Å². The Balaban J connectivity index is 2.77. The van der Waals surface area contributed by atoms with Crippen LogP contribution in [-0.2, 0) is 9.53 Å². The van der Waals surface area contributed by atoms with Crippen molar-refractivity contribution in [1.29, 1.82) is 0 Å². The van der Waals surface area contributed by atoms with Crippen molar-refractivity contribution in [2.45, 2.75) is 39.0 Å². The number of nitrogens with zero attached hydrogens (tertiary/aromatic N) is 1. The number of ether oxygens (including phenoxy) is 1. The van der Waals surface area contributed by atoms with E-state index >= 15 is 0 Å². The van der Waals surface area contributed by atoms with Crippen molar-refractivity contribution in [3.05, 3.63) is 21.9 Å². The maximum absolute atomic E-state index is 11.6. The summed E-state index contributed by atoms with van der Waals surface area (Å²) in [6.45, 7) is 1.95. The maximum Gasteiger partial charge on any atom is 0.340 e. The number of carbonyl (C=O) groups is 1. The molecule has 0 radical (unpaired) electrons. The summed E-state index contributed by atoms with van der Waals surface area (Å²) in [5, 5.41) is 10.5. The molecule has 5 nitrogen and oxygen atoms in total. The van der Waals surface area contributed by atoms with Gasteiger partial charge in [-0.05, 0) is 25.7 Å². The van der Waals surface area contributed by atoms with Gasteiger partial charge in [0.1, 0.15) is 5.57 Å². The monoisotopic (exact) mass is 227 g/mol. The molecule has 0 heterocycles. The van der Waals surface area contributed by atoms with Crippen molar-refractivity contribution in [1.82, 2.24) is 0 Å². The first kappa shape index (κ1) is 12.7. The Labute approximate surface area is 94.6 Å². The Morgan fingerprint density at radius 1 is 1.44 bits per heavy atom. The van der Waals surface area contributed by atoms with E-state index in [9.17, 15) is 14.9 Å².